The summed E-state index contributed by atoms with van der Waals surface area (Å²) < 4.78 is 6.03. The average Bonchev–Trinajstić information content (AvgIpc) is 3.10. The molecule has 5 atom stereocenters. The zero-order valence-corrected chi connectivity index (χ0v) is 22.5. The van der Waals surface area contributed by atoms with Gasteiger partial charge in [-0.1, -0.05) is 52.7 Å². The van der Waals surface area contributed by atoms with E-state index in [1.165, 1.54) is 11.1 Å². The normalized spacial score (nSPS) is 33.5. The van der Waals surface area contributed by atoms with Gasteiger partial charge in [-0.3, -0.25) is 4.79 Å². The fourth-order valence-corrected chi connectivity index (χ4v) is 5.80. The van der Waals surface area contributed by atoms with Gasteiger partial charge in [0.25, 0.3) is 0 Å². The highest BCUT2D eigenvalue weighted by Crippen LogP contribution is 2.60. The van der Waals surface area contributed by atoms with Crippen molar-refractivity contribution in [1.82, 2.24) is 0 Å². The van der Waals surface area contributed by atoms with Gasteiger partial charge in [0.2, 0.25) is 0 Å². The predicted octanol–water partition coefficient (Wildman–Crippen LogP) is 5.72. The van der Waals surface area contributed by atoms with Crippen LogP contribution in [-0.2, 0) is 9.53 Å². The van der Waals surface area contributed by atoms with Crippen LogP contribution in [0.2, 0.25) is 0 Å². The van der Waals surface area contributed by atoms with Crippen LogP contribution in [0.3, 0.4) is 0 Å². The van der Waals surface area contributed by atoms with Gasteiger partial charge in [-0.05, 0) is 98.0 Å². The second-order valence-electron chi connectivity index (χ2n) is 10.9. The van der Waals surface area contributed by atoms with Crippen LogP contribution in [0.5, 0.6) is 0 Å². The lowest BCUT2D eigenvalue weighted by molar-refractivity contribution is -0.219. The Balaban J connectivity index is 2.26. The molecule has 1 aliphatic heterocycles. The molecule has 35 heavy (non-hydrogen) atoms. The van der Waals surface area contributed by atoms with Crippen molar-refractivity contribution in [2.45, 2.75) is 104 Å². The predicted molar refractivity (Wildman–Crippen MR) is 142 cm³/mol. The standard InChI is InChI=1S/C30H46O5/c1-21(2)10-7-11-22(3)12-8-13-23(4)18-25-19-30(28(33)35-25)27(14-9-17-31)26(24(5)20-32)15-16-29(30,6)34/h8,10,12-13,18,20,25,27-28,31,33-34H,7,9,11,14-17,19H2,1-6H3/b13-8+,22-12+,23-18?,26-24-/t25?,27-,28?,29+,30+/m1/s1. The van der Waals surface area contributed by atoms with Crippen LogP contribution < -0.4 is 0 Å². The third kappa shape index (κ3) is 7.13. The number of rotatable bonds is 10. The summed E-state index contributed by atoms with van der Waals surface area (Å²) in [6, 6.07) is 0. The van der Waals surface area contributed by atoms with Crippen molar-refractivity contribution < 1.29 is 24.9 Å². The van der Waals surface area contributed by atoms with Crippen LogP contribution >= 0.6 is 0 Å². The van der Waals surface area contributed by atoms with E-state index in [2.05, 4.69) is 32.9 Å². The second kappa shape index (κ2) is 13.0. The van der Waals surface area contributed by atoms with Crippen LogP contribution in [0.4, 0.5) is 0 Å². The third-order valence-electron chi connectivity index (χ3n) is 7.82. The Bertz CT molecular complexity index is 884. The average molecular weight is 487 g/mol. The molecule has 2 fully saturated rings. The Hall–Kier alpha value is -1.79. The maximum Gasteiger partial charge on any atom is 0.164 e. The highest BCUT2D eigenvalue weighted by Gasteiger charge is 2.64. The van der Waals surface area contributed by atoms with E-state index in [1.807, 2.05) is 25.2 Å². The van der Waals surface area contributed by atoms with E-state index in [0.717, 1.165) is 30.3 Å². The van der Waals surface area contributed by atoms with Crippen molar-refractivity contribution in [2.24, 2.45) is 11.3 Å². The van der Waals surface area contributed by atoms with Crippen molar-refractivity contribution in [3.63, 3.8) is 0 Å². The van der Waals surface area contributed by atoms with Crippen LogP contribution in [0.25, 0.3) is 0 Å². The molecule has 3 N–H and O–H groups in total. The van der Waals surface area contributed by atoms with Crippen molar-refractivity contribution in [2.75, 3.05) is 6.61 Å². The fraction of sp³-hybridized carbons (Fsp3) is 0.633. The lowest BCUT2D eigenvalue weighted by Gasteiger charge is -2.53. The van der Waals surface area contributed by atoms with Crippen LogP contribution in [0.1, 0.15) is 86.5 Å². The number of aldehydes is 1. The molecule has 1 aliphatic carbocycles. The van der Waals surface area contributed by atoms with Gasteiger partial charge >= 0.3 is 0 Å². The maximum absolute atomic E-state index is 11.6. The fourth-order valence-electron chi connectivity index (χ4n) is 5.80. The Labute approximate surface area is 212 Å². The number of carbonyl (C=O) groups is 1. The summed E-state index contributed by atoms with van der Waals surface area (Å²) in [5, 5.41) is 32.3. The third-order valence-corrected chi connectivity index (χ3v) is 7.82. The van der Waals surface area contributed by atoms with E-state index in [4.69, 9.17) is 4.74 Å². The highest BCUT2D eigenvalue weighted by molar-refractivity contribution is 5.74. The van der Waals surface area contributed by atoms with Crippen molar-refractivity contribution in [3.05, 3.63) is 58.2 Å². The van der Waals surface area contributed by atoms with Gasteiger partial charge in [0, 0.05) is 6.61 Å². The molecule has 2 aliphatic rings. The molecular weight excluding hydrogens is 440 g/mol. The van der Waals surface area contributed by atoms with Gasteiger partial charge in [0.1, 0.15) is 6.29 Å². The van der Waals surface area contributed by atoms with Crippen LogP contribution in [-0.4, -0.2) is 46.2 Å². The first-order valence-corrected chi connectivity index (χ1v) is 13.0. The summed E-state index contributed by atoms with van der Waals surface area (Å²) in [6.07, 6.45) is 14.5. The van der Waals surface area contributed by atoms with Gasteiger partial charge in [-0.2, -0.15) is 0 Å². The molecule has 196 valence electrons. The number of aliphatic hydroxyl groups is 3. The van der Waals surface area contributed by atoms with Gasteiger partial charge in [-0.15, -0.1) is 0 Å². The number of hydrogen-bond acceptors (Lipinski definition) is 5. The highest BCUT2D eigenvalue weighted by atomic mass is 16.6. The molecule has 0 amide bonds. The molecule has 2 rings (SSSR count). The molecule has 0 radical (unpaired) electrons. The largest absolute Gasteiger partial charge is 0.396 e. The quantitative estimate of drug-likeness (QED) is 0.159. The summed E-state index contributed by atoms with van der Waals surface area (Å²) in [5.41, 5.74) is 3.20. The number of allylic oxidation sites excluding steroid dienone is 9. The monoisotopic (exact) mass is 486 g/mol. The van der Waals surface area contributed by atoms with Crippen LogP contribution in [0, 0.1) is 11.3 Å². The molecule has 1 heterocycles. The number of carbonyl (C=O) groups excluding carboxylic acids is 1. The minimum Gasteiger partial charge on any atom is -0.396 e. The summed E-state index contributed by atoms with van der Waals surface area (Å²) in [6.45, 7) is 12.0. The maximum atomic E-state index is 11.6. The Morgan fingerprint density at radius 1 is 1.20 bits per heavy atom. The van der Waals surface area contributed by atoms with Crippen LogP contribution in [0.15, 0.2) is 58.2 Å². The van der Waals surface area contributed by atoms with Crippen molar-refractivity contribution >= 4 is 6.29 Å². The molecule has 1 saturated heterocycles. The molecule has 0 bridgehead atoms. The number of aliphatic hydroxyl groups excluding tert-OH is 2. The molecule has 1 saturated carbocycles. The molecular formula is C30H46O5. The molecule has 5 nitrogen and oxygen atoms in total. The number of ether oxygens (including phenoxy) is 1. The van der Waals surface area contributed by atoms with Gasteiger partial charge < -0.3 is 20.1 Å². The lowest BCUT2D eigenvalue weighted by Crippen LogP contribution is -2.58. The number of hydrogen-bond donors (Lipinski definition) is 3. The van der Waals surface area contributed by atoms with Crippen molar-refractivity contribution in [1.29, 1.82) is 0 Å². The Kier molecular flexibility index (Phi) is 10.9. The summed E-state index contributed by atoms with van der Waals surface area (Å²) in [5.74, 6) is -0.237. The molecule has 2 unspecified atom stereocenters. The molecule has 0 aromatic rings. The zero-order chi connectivity index (χ0) is 26.2. The SMILES string of the molecule is CC(C)=CCC/C(C)=C/C=C/C(C)=CC1C[C@@]2(C(O)O1)[C@H](CCCO)/C(=C(/C)C=O)CC[C@]2(C)O. The van der Waals surface area contributed by atoms with E-state index in [9.17, 15) is 20.1 Å². The summed E-state index contributed by atoms with van der Waals surface area (Å²) >= 11 is 0. The van der Waals surface area contributed by atoms with E-state index < -0.39 is 17.3 Å². The van der Waals surface area contributed by atoms with Gasteiger partial charge in [-0.25, -0.2) is 0 Å². The van der Waals surface area contributed by atoms with Gasteiger partial charge in [0.15, 0.2) is 6.29 Å². The van der Waals surface area contributed by atoms with Crippen molar-refractivity contribution in [3.8, 4) is 0 Å². The Morgan fingerprint density at radius 3 is 2.54 bits per heavy atom. The van der Waals surface area contributed by atoms with E-state index in [1.54, 1.807) is 13.8 Å². The van der Waals surface area contributed by atoms with E-state index in [0.29, 0.717) is 37.7 Å². The zero-order valence-electron chi connectivity index (χ0n) is 22.5. The first-order valence-electron chi connectivity index (χ1n) is 13.0. The Morgan fingerprint density at radius 2 is 1.91 bits per heavy atom. The van der Waals surface area contributed by atoms with E-state index in [-0.39, 0.29) is 18.6 Å². The first-order chi connectivity index (χ1) is 16.5. The minimum absolute atomic E-state index is 0.0214. The topological polar surface area (TPSA) is 87.0 Å². The minimum atomic E-state index is -1.16. The van der Waals surface area contributed by atoms with E-state index >= 15 is 0 Å². The first kappa shape index (κ1) is 29.4. The second-order valence-corrected chi connectivity index (χ2v) is 10.9. The van der Waals surface area contributed by atoms with Gasteiger partial charge in [0.05, 0.1) is 17.1 Å². The summed E-state index contributed by atoms with van der Waals surface area (Å²) in [7, 11) is 0. The molecule has 0 aromatic carbocycles. The summed E-state index contributed by atoms with van der Waals surface area (Å²) in [4.78, 5) is 11.6. The molecule has 0 aromatic heterocycles. The molecule has 5 heteroatoms. The molecule has 1 spiro atoms. The smallest absolute Gasteiger partial charge is 0.164 e. The lowest BCUT2D eigenvalue weighted by atomic mass is 9.53.